The molecular formula is C14H11F2NO4S. The quantitative estimate of drug-likeness (QED) is 0.914. The Morgan fingerprint density at radius 2 is 1.68 bits per heavy atom. The topological polar surface area (TPSA) is 74.7 Å². The largest absolute Gasteiger partial charge is 0.480 e. The molecule has 0 bridgehead atoms. The Bertz CT molecular complexity index is 791. The molecule has 0 saturated carbocycles. The molecule has 0 unspecified atom stereocenters. The zero-order chi connectivity index (χ0) is 16.3. The van der Waals surface area contributed by atoms with E-state index in [4.69, 9.17) is 5.11 Å². The highest BCUT2D eigenvalue weighted by atomic mass is 32.2. The van der Waals surface area contributed by atoms with E-state index in [9.17, 15) is 22.0 Å². The van der Waals surface area contributed by atoms with Crippen LogP contribution in [0.15, 0.2) is 53.4 Å². The fourth-order valence-corrected chi connectivity index (χ4v) is 3.21. The summed E-state index contributed by atoms with van der Waals surface area (Å²) in [6.45, 7) is -0.886. The number of benzene rings is 2. The van der Waals surface area contributed by atoms with E-state index < -0.39 is 34.2 Å². The summed E-state index contributed by atoms with van der Waals surface area (Å²) in [4.78, 5) is 10.6. The number of nitrogens with zero attached hydrogens (tertiary/aromatic N) is 1. The van der Waals surface area contributed by atoms with Crippen molar-refractivity contribution in [3.63, 3.8) is 0 Å². The summed E-state index contributed by atoms with van der Waals surface area (Å²) in [7, 11) is -4.26. The van der Waals surface area contributed by atoms with Crippen LogP contribution in [0.1, 0.15) is 0 Å². The minimum atomic E-state index is -4.26. The molecule has 8 heteroatoms. The molecule has 0 aliphatic heterocycles. The van der Waals surface area contributed by atoms with E-state index in [0.717, 1.165) is 36.4 Å². The third kappa shape index (κ3) is 3.40. The average molecular weight is 327 g/mol. The number of sulfonamides is 1. The van der Waals surface area contributed by atoms with E-state index in [0.29, 0.717) is 4.31 Å². The van der Waals surface area contributed by atoms with Crippen molar-refractivity contribution in [1.29, 1.82) is 0 Å². The Morgan fingerprint density at radius 3 is 2.23 bits per heavy atom. The maximum Gasteiger partial charge on any atom is 0.324 e. The van der Waals surface area contributed by atoms with Crippen LogP contribution >= 0.6 is 0 Å². The van der Waals surface area contributed by atoms with Crippen molar-refractivity contribution in [1.82, 2.24) is 0 Å². The summed E-state index contributed by atoms with van der Waals surface area (Å²) in [6.07, 6.45) is 0. The lowest BCUT2D eigenvalue weighted by atomic mass is 10.3. The lowest BCUT2D eigenvalue weighted by molar-refractivity contribution is -0.135. The molecular weight excluding hydrogens is 316 g/mol. The second kappa shape index (κ2) is 6.10. The Hall–Kier alpha value is -2.48. The van der Waals surface area contributed by atoms with Gasteiger partial charge >= 0.3 is 5.97 Å². The van der Waals surface area contributed by atoms with Crippen LogP contribution in [-0.2, 0) is 14.8 Å². The molecule has 0 amide bonds. The smallest absolute Gasteiger partial charge is 0.324 e. The number of hydrogen-bond acceptors (Lipinski definition) is 3. The molecule has 0 spiro atoms. The van der Waals surface area contributed by atoms with Gasteiger partial charge in [-0.15, -0.1) is 0 Å². The van der Waals surface area contributed by atoms with Crippen molar-refractivity contribution in [2.24, 2.45) is 0 Å². The lowest BCUT2D eigenvalue weighted by Crippen LogP contribution is -2.35. The van der Waals surface area contributed by atoms with Crippen LogP contribution in [0.4, 0.5) is 14.5 Å². The van der Waals surface area contributed by atoms with E-state index in [1.165, 1.54) is 12.1 Å². The van der Waals surface area contributed by atoms with Crippen molar-refractivity contribution < 1.29 is 27.1 Å². The van der Waals surface area contributed by atoms with Crippen molar-refractivity contribution in [3.05, 3.63) is 60.2 Å². The van der Waals surface area contributed by atoms with E-state index >= 15 is 0 Å². The maximum absolute atomic E-state index is 13.3. The molecule has 0 heterocycles. The summed E-state index contributed by atoms with van der Waals surface area (Å²) < 4.78 is 51.8. The fraction of sp³-hybridized carbons (Fsp3) is 0.0714. The predicted molar refractivity (Wildman–Crippen MR) is 75.0 cm³/mol. The molecule has 2 aromatic carbocycles. The second-order valence-corrected chi connectivity index (χ2v) is 6.20. The predicted octanol–water partition coefficient (Wildman–Crippen LogP) is 2.24. The second-order valence-electron chi connectivity index (χ2n) is 4.34. The normalized spacial score (nSPS) is 11.2. The number of carboxylic acid groups (broad SMARTS) is 1. The molecule has 116 valence electrons. The number of carbonyl (C=O) groups is 1. The van der Waals surface area contributed by atoms with Gasteiger partial charge in [0.25, 0.3) is 10.0 Å². The highest BCUT2D eigenvalue weighted by Gasteiger charge is 2.27. The molecule has 0 aliphatic rings. The van der Waals surface area contributed by atoms with Crippen LogP contribution < -0.4 is 4.31 Å². The lowest BCUT2D eigenvalue weighted by Gasteiger charge is -2.22. The Labute approximate surface area is 125 Å². The number of hydrogen-bond donors (Lipinski definition) is 1. The number of carboxylic acids is 1. The number of halogens is 2. The molecule has 2 rings (SSSR count). The van der Waals surface area contributed by atoms with Crippen molar-refractivity contribution in [2.75, 3.05) is 10.8 Å². The third-order valence-electron chi connectivity index (χ3n) is 2.78. The summed E-state index contributed by atoms with van der Waals surface area (Å²) in [5, 5.41) is 8.91. The molecule has 0 radical (unpaired) electrons. The van der Waals surface area contributed by atoms with E-state index in [2.05, 4.69) is 0 Å². The molecule has 0 aromatic heterocycles. The summed E-state index contributed by atoms with van der Waals surface area (Å²) in [6, 6.07) is 8.45. The monoisotopic (exact) mass is 327 g/mol. The van der Waals surface area contributed by atoms with Gasteiger partial charge in [-0.25, -0.2) is 17.2 Å². The summed E-state index contributed by atoms with van der Waals surface area (Å²) in [5.41, 5.74) is -0.133. The molecule has 0 fully saturated rings. The minimum absolute atomic E-state index is 0.133. The van der Waals surface area contributed by atoms with Gasteiger partial charge < -0.3 is 5.11 Å². The number of rotatable bonds is 5. The average Bonchev–Trinajstić information content (AvgIpc) is 2.45. The van der Waals surface area contributed by atoms with E-state index in [1.54, 1.807) is 0 Å². The van der Waals surface area contributed by atoms with Gasteiger partial charge in [0.2, 0.25) is 0 Å². The van der Waals surface area contributed by atoms with Crippen molar-refractivity contribution in [2.45, 2.75) is 4.90 Å². The van der Waals surface area contributed by atoms with Crippen LogP contribution in [-0.4, -0.2) is 26.0 Å². The van der Waals surface area contributed by atoms with Gasteiger partial charge in [-0.3, -0.25) is 9.10 Å². The number of aliphatic carboxylic acids is 1. The first kappa shape index (κ1) is 15.9. The van der Waals surface area contributed by atoms with E-state index in [-0.39, 0.29) is 10.6 Å². The molecule has 0 atom stereocenters. The van der Waals surface area contributed by atoms with Gasteiger partial charge in [-0.2, -0.15) is 0 Å². The van der Waals surface area contributed by atoms with Gasteiger partial charge in [-0.05, 0) is 42.5 Å². The maximum atomic E-state index is 13.3. The SMILES string of the molecule is O=C(O)CN(c1cccc(F)c1)S(=O)(=O)c1ccc(F)cc1. The zero-order valence-corrected chi connectivity index (χ0v) is 11.9. The highest BCUT2D eigenvalue weighted by Crippen LogP contribution is 2.24. The van der Waals surface area contributed by atoms with Gasteiger partial charge in [0.15, 0.2) is 0 Å². The molecule has 1 N–H and O–H groups in total. The molecule has 22 heavy (non-hydrogen) atoms. The standard InChI is InChI=1S/C14H11F2NO4S/c15-10-4-6-13(7-5-10)22(20,21)17(9-14(18)19)12-3-1-2-11(16)8-12/h1-8H,9H2,(H,18,19). The summed E-state index contributed by atoms with van der Waals surface area (Å²) in [5.74, 6) is -2.74. The van der Waals surface area contributed by atoms with Crippen LogP contribution in [0, 0.1) is 11.6 Å². The van der Waals surface area contributed by atoms with Gasteiger partial charge in [0.05, 0.1) is 10.6 Å². The van der Waals surface area contributed by atoms with Gasteiger partial charge in [0.1, 0.15) is 18.2 Å². The van der Waals surface area contributed by atoms with Crippen LogP contribution in [0.5, 0.6) is 0 Å². The first-order valence-electron chi connectivity index (χ1n) is 6.06. The Morgan fingerprint density at radius 1 is 1.05 bits per heavy atom. The summed E-state index contributed by atoms with van der Waals surface area (Å²) >= 11 is 0. The van der Waals surface area contributed by atoms with Crippen LogP contribution in [0.2, 0.25) is 0 Å². The molecule has 5 nitrogen and oxygen atoms in total. The van der Waals surface area contributed by atoms with E-state index in [1.807, 2.05) is 0 Å². The molecule has 0 aliphatic carbocycles. The highest BCUT2D eigenvalue weighted by molar-refractivity contribution is 7.92. The Balaban J connectivity index is 2.53. The van der Waals surface area contributed by atoms with Crippen molar-refractivity contribution in [3.8, 4) is 0 Å². The molecule has 0 saturated heterocycles. The minimum Gasteiger partial charge on any atom is -0.480 e. The third-order valence-corrected chi connectivity index (χ3v) is 4.56. The van der Waals surface area contributed by atoms with Crippen molar-refractivity contribution >= 4 is 21.7 Å². The van der Waals surface area contributed by atoms with Crippen LogP contribution in [0.3, 0.4) is 0 Å². The van der Waals surface area contributed by atoms with Crippen LogP contribution in [0.25, 0.3) is 0 Å². The first-order chi connectivity index (χ1) is 10.3. The van der Waals surface area contributed by atoms with Gasteiger partial charge in [-0.1, -0.05) is 6.07 Å². The number of anilines is 1. The van der Waals surface area contributed by atoms with Gasteiger partial charge in [0, 0.05) is 0 Å². The molecule has 2 aromatic rings. The fourth-order valence-electron chi connectivity index (χ4n) is 1.80. The first-order valence-corrected chi connectivity index (χ1v) is 7.50. The Kier molecular flexibility index (Phi) is 4.41. The zero-order valence-electron chi connectivity index (χ0n) is 11.1.